The molecule has 1 unspecified atom stereocenters. The van der Waals surface area contributed by atoms with Gasteiger partial charge in [-0.05, 0) is 31.0 Å². The largest absolute Gasteiger partial charge is 0.496 e. The molecule has 0 aliphatic rings. The normalized spacial score (nSPS) is 12.3. The maximum absolute atomic E-state index is 13.8. The minimum atomic E-state index is -1.42. The molecular formula is C11H14FNO3. The van der Waals surface area contributed by atoms with Crippen molar-refractivity contribution in [3.8, 4) is 5.75 Å². The van der Waals surface area contributed by atoms with Crippen LogP contribution in [0.25, 0.3) is 0 Å². The van der Waals surface area contributed by atoms with Gasteiger partial charge in [-0.15, -0.1) is 0 Å². The molecule has 4 nitrogen and oxygen atoms in total. The number of rotatable bonds is 3. The molecule has 0 fully saturated rings. The number of halogens is 1. The number of nitrogens with two attached hydrogens (primary N) is 1. The van der Waals surface area contributed by atoms with Crippen LogP contribution >= 0.6 is 0 Å². The van der Waals surface area contributed by atoms with E-state index in [4.69, 9.17) is 15.6 Å². The zero-order chi connectivity index (χ0) is 12.5. The van der Waals surface area contributed by atoms with Gasteiger partial charge < -0.3 is 15.6 Å². The fourth-order valence-electron chi connectivity index (χ4n) is 1.65. The first-order valence-corrected chi connectivity index (χ1v) is 4.72. The molecule has 1 aromatic carbocycles. The summed E-state index contributed by atoms with van der Waals surface area (Å²) in [6.07, 6.45) is 0. The van der Waals surface area contributed by atoms with Crippen molar-refractivity contribution in [1.82, 2.24) is 0 Å². The lowest BCUT2D eigenvalue weighted by Crippen LogP contribution is -2.23. The van der Waals surface area contributed by atoms with E-state index in [0.717, 1.165) is 0 Å². The maximum atomic E-state index is 13.8. The summed E-state index contributed by atoms with van der Waals surface area (Å²) in [5.41, 5.74) is 6.34. The van der Waals surface area contributed by atoms with Gasteiger partial charge in [0.25, 0.3) is 0 Å². The highest BCUT2D eigenvalue weighted by molar-refractivity contribution is 5.77. The Bertz CT molecular complexity index is 432. The third-order valence-corrected chi connectivity index (χ3v) is 2.40. The van der Waals surface area contributed by atoms with E-state index in [1.54, 1.807) is 19.9 Å². The Morgan fingerprint density at radius 1 is 1.50 bits per heavy atom. The molecule has 16 heavy (non-hydrogen) atoms. The minimum Gasteiger partial charge on any atom is -0.496 e. The van der Waals surface area contributed by atoms with Crippen LogP contribution in [0.4, 0.5) is 4.39 Å². The van der Waals surface area contributed by atoms with Crippen LogP contribution in [-0.2, 0) is 4.79 Å². The number of hydrogen-bond acceptors (Lipinski definition) is 3. The SMILES string of the molecule is COc1c(C)cc(C)c(F)c1C(N)C(=O)O. The first kappa shape index (κ1) is 12.4. The fraction of sp³-hybridized carbons (Fsp3) is 0.364. The van der Waals surface area contributed by atoms with Gasteiger partial charge in [0, 0.05) is 0 Å². The molecule has 0 aliphatic heterocycles. The van der Waals surface area contributed by atoms with Crippen molar-refractivity contribution in [2.75, 3.05) is 7.11 Å². The van der Waals surface area contributed by atoms with Crippen molar-refractivity contribution in [1.29, 1.82) is 0 Å². The molecule has 5 heteroatoms. The van der Waals surface area contributed by atoms with E-state index in [9.17, 15) is 9.18 Å². The summed E-state index contributed by atoms with van der Waals surface area (Å²) in [7, 11) is 1.36. The van der Waals surface area contributed by atoms with Crippen molar-refractivity contribution in [2.24, 2.45) is 5.73 Å². The van der Waals surface area contributed by atoms with Gasteiger partial charge in [0.1, 0.15) is 17.6 Å². The van der Waals surface area contributed by atoms with Crippen LogP contribution in [0.3, 0.4) is 0 Å². The Morgan fingerprint density at radius 3 is 2.50 bits per heavy atom. The van der Waals surface area contributed by atoms with Gasteiger partial charge in [-0.3, -0.25) is 4.79 Å². The van der Waals surface area contributed by atoms with E-state index in [2.05, 4.69) is 0 Å². The maximum Gasteiger partial charge on any atom is 0.325 e. The van der Waals surface area contributed by atoms with E-state index in [1.807, 2.05) is 0 Å². The lowest BCUT2D eigenvalue weighted by Gasteiger charge is -2.16. The van der Waals surface area contributed by atoms with Crippen LogP contribution in [0.2, 0.25) is 0 Å². The number of ether oxygens (including phenoxy) is 1. The van der Waals surface area contributed by atoms with E-state index in [1.165, 1.54) is 7.11 Å². The van der Waals surface area contributed by atoms with E-state index >= 15 is 0 Å². The summed E-state index contributed by atoms with van der Waals surface area (Å²) in [4.78, 5) is 10.8. The number of carboxylic acids is 1. The molecule has 88 valence electrons. The summed E-state index contributed by atoms with van der Waals surface area (Å²) < 4.78 is 18.8. The molecule has 0 amide bonds. The Hall–Kier alpha value is -1.62. The average molecular weight is 227 g/mol. The lowest BCUT2D eigenvalue weighted by molar-refractivity contribution is -0.138. The molecule has 3 N–H and O–H groups in total. The first-order chi connectivity index (χ1) is 7.40. The van der Waals surface area contributed by atoms with Gasteiger partial charge in [0.05, 0.1) is 12.7 Å². The van der Waals surface area contributed by atoms with Crippen LogP contribution in [0.15, 0.2) is 6.07 Å². The first-order valence-electron chi connectivity index (χ1n) is 4.72. The predicted molar refractivity (Wildman–Crippen MR) is 57.0 cm³/mol. The van der Waals surface area contributed by atoms with E-state index < -0.39 is 17.8 Å². The number of hydrogen-bond donors (Lipinski definition) is 2. The van der Waals surface area contributed by atoms with Crippen molar-refractivity contribution < 1.29 is 19.0 Å². The van der Waals surface area contributed by atoms with Crippen LogP contribution < -0.4 is 10.5 Å². The smallest absolute Gasteiger partial charge is 0.325 e. The molecule has 0 spiro atoms. The van der Waals surface area contributed by atoms with Crippen molar-refractivity contribution in [2.45, 2.75) is 19.9 Å². The summed E-state index contributed by atoms with van der Waals surface area (Å²) in [5.74, 6) is -1.72. The molecule has 0 saturated carbocycles. The van der Waals surface area contributed by atoms with E-state index in [0.29, 0.717) is 11.1 Å². The van der Waals surface area contributed by atoms with Crippen molar-refractivity contribution in [3.05, 3.63) is 28.6 Å². The average Bonchev–Trinajstić information content (AvgIpc) is 2.21. The highest BCUT2D eigenvalue weighted by Crippen LogP contribution is 2.32. The van der Waals surface area contributed by atoms with Crippen molar-refractivity contribution in [3.63, 3.8) is 0 Å². The zero-order valence-electron chi connectivity index (χ0n) is 9.37. The number of aliphatic carboxylic acids is 1. The second-order valence-electron chi connectivity index (χ2n) is 3.59. The van der Waals surface area contributed by atoms with Gasteiger partial charge >= 0.3 is 5.97 Å². The molecule has 0 saturated heterocycles. The highest BCUT2D eigenvalue weighted by Gasteiger charge is 2.25. The molecule has 0 aromatic heterocycles. The third kappa shape index (κ3) is 1.99. The number of methoxy groups -OCH3 is 1. The molecule has 0 aliphatic carbocycles. The lowest BCUT2D eigenvalue weighted by atomic mass is 9.99. The highest BCUT2D eigenvalue weighted by atomic mass is 19.1. The van der Waals surface area contributed by atoms with Crippen LogP contribution in [0.1, 0.15) is 22.7 Å². The van der Waals surface area contributed by atoms with Gasteiger partial charge in [-0.25, -0.2) is 4.39 Å². The summed E-state index contributed by atoms with van der Waals surface area (Å²) in [6, 6.07) is 0.167. The number of carboxylic acid groups (broad SMARTS) is 1. The van der Waals surface area contributed by atoms with Crippen LogP contribution in [-0.4, -0.2) is 18.2 Å². The molecular weight excluding hydrogens is 213 g/mol. The van der Waals surface area contributed by atoms with Crippen molar-refractivity contribution >= 4 is 5.97 Å². The number of aryl methyl sites for hydroxylation is 2. The van der Waals surface area contributed by atoms with E-state index in [-0.39, 0.29) is 11.3 Å². The Labute approximate surface area is 92.8 Å². The Kier molecular flexibility index (Phi) is 3.49. The predicted octanol–water partition coefficient (Wildman–Crippen LogP) is 1.54. The quantitative estimate of drug-likeness (QED) is 0.821. The Balaban J connectivity index is 3.50. The summed E-state index contributed by atoms with van der Waals surface area (Å²) in [6.45, 7) is 3.27. The Morgan fingerprint density at radius 2 is 2.06 bits per heavy atom. The van der Waals surface area contributed by atoms with Crippen LogP contribution in [0.5, 0.6) is 5.75 Å². The molecule has 1 rings (SSSR count). The van der Waals surface area contributed by atoms with Crippen LogP contribution in [0, 0.1) is 19.7 Å². The topological polar surface area (TPSA) is 72.5 Å². The summed E-state index contributed by atoms with van der Waals surface area (Å²) >= 11 is 0. The second-order valence-corrected chi connectivity index (χ2v) is 3.59. The third-order valence-electron chi connectivity index (χ3n) is 2.40. The fourth-order valence-corrected chi connectivity index (χ4v) is 1.65. The number of carbonyl (C=O) groups is 1. The molecule has 1 aromatic rings. The molecule has 0 heterocycles. The van der Waals surface area contributed by atoms with Gasteiger partial charge in [0.15, 0.2) is 0 Å². The van der Waals surface area contributed by atoms with Gasteiger partial charge in [0.2, 0.25) is 0 Å². The standard InChI is InChI=1S/C11H14FNO3/c1-5-4-6(2)10(16-3)7(8(5)12)9(13)11(14)15/h4,9H,13H2,1-3H3,(H,14,15). The molecule has 0 bridgehead atoms. The number of benzene rings is 1. The van der Waals surface area contributed by atoms with Gasteiger partial charge in [-0.2, -0.15) is 0 Å². The second kappa shape index (κ2) is 4.49. The monoisotopic (exact) mass is 227 g/mol. The molecule has 1 atom stereocenters. The summed E-state index contributed by atoms with van der Waals surface area (Å²) in [5, 5.41) is 8.81. The zero-order valence-corrected chi connectivity index (χ0v) is 9.37. The van der Waals surface area contributed by atoms with Gasteiger partial charge in [-0.1, -0.05) is 0 Å². The minimum absolute atomic E-state index is 0.104. The molecule has 0 radical (unpaired) electrons.